The molecule has 0 aliphatic rings. The van der Waals surface area contributed by atoms with Crippen molar-refractivity contribution in [2.75, 3.05) is 13.7 Å². The topological polar surface area (TPSA) is 9.23 Å². The van der Waals surface area contributed by atoms with Gasteiger partial charge in [0.2, 0.25) is 0 Å². The van der Waals surface area contributed by atoms with Gasteiger partial charge in [-0.15, -0.1) is 0 Å². The summed E-state index contributed by atoms with van der Waals surface area (Å²) < 4.78 is 4.91. The Morgan fingerprint density at radius 1 is 1.09 bits per heavy atom. The lowest BCUT2D eigenvalue weighted by Crippen LogP contribution is -1.89. The fourth-order valence-corrected chi connectivity index (χ4v) is 1.09. The zero-order valence-corrected chi connectivity index (χ0v) is 7.94. The van der Waals surface area contributed by atoms with Crippen LogP contribution in [0.2, 0.25) is 0 Å². The third-order valence-corrected chi connectivity index (χ3v) is 1.80. The van der Waals surface area contributed by atoms with Crippen molar-refractivity contribution in [1.82, 2.24) is 0 Å². The molecule has 0 aromatic rings. The summed E-state index contributed by atoms with van der Waals surface area (Å²) in [4.78, 5) is 0. The van der Waals surface area contributed by atoms with Crippen LogP contribution in [0.1, 0.15) is 45.4 Å². The molecule has 0 amide bonds. The molecule has 0 saturated heterocycles. The van der Waals surface area contributed by atoms with Gasteiger partial charge >= 0.3 is 0 Å². The average Bonchev–Trinajstić information content (AvgIpc) is 2.03. The second kappa shape index (κ2) is 9.96. The van der Waals surface area contributed by atoms with Crippen LogP contribution >= 0.6 is 0 Å². The van der Waals surface area contributed by atoms with Gasteiger partial charge < -0.3 is 4.74 Å². The van der Waals surface area contributed by atoms with Gasteiger partial charge in [-0.05, 0) is 12.8 Å². The normalized spacial score (nSPS) is 10.4. The molecule has 0 bridgehead atoms. The molecular formula is C10H21O. The first kappa shape index (κ1) is 11.0. The maximum absolute atomic E-state index is 4.91. The molecule has 0 aliphatic carbocycles. The first-order valence-corrected chi connectivity index (χ1v) is 4.72. The van der Waals surface area contributed by atoms with Gasteiger partial charge in [0.25, 0.3) is 0 Å². The fourth-order valence-electron chi connectivity index (χ4n) is 1.09. The molecule has 1 radical (unpaired) electrons. The second-order valence-corrected chi connectivity index (χ2v) is 2.95. The highest BCUT2D eigenvalue weighted by Gasteiger charge is 1.89. The Morgan fingerprint density at radius 3 is 2.45 bits per heavy atom. The van der Waals surface area contributed by atoms with Crippen LogP contribution < -0.4 is 0 Å². The van der Waals surface area contributed by atoms with E-state index in [0.717, 1.165) is 6.61 Å². The first-order chi connectivity index (χ1) is 5.41. The highest BCUT2D eigenvalue weighted by molar-refractivity contribution is 4.62. The van der Waals surface area contributed by atoms with Crippen molar-refractivity contribution in [3.63, 3.8) is 0 Å². The Bertz CT molecular complexity index is 53.9. The summed E-state index contributed by atoms with van der Waals surface area (Å²) in [5.41, 5.74) is 0. The van der Waals surface area contributed by atoms with Crippen molar-refractivity contribution in [3.05, 3.63) is 6.42 Å². The molecular weight excluding hydrogens is 136 g/mol. The van der Waals surface area contributed by atoms with E-state index in [1.165, 1.54) is 38.5 Å². The number of hydrogen-bond donors (Lipinski definition) is 0. The largest absolute Gasteiger partial charge is 0.384 e. The summed E-state index contributed by atoms with van der Waals surface area (Å²) in [6.07, 6.45) is 10.3. The van der Waals surface area contributed by atoms with Crippen LogP contribution in [-0.2, 0) is 4.74 Å². The third-order valence-electron chi connectivity index (χ3n) is 1.80. The van der Waals surface area contributed by atoms with Crippen molar-refractivity contribution in [3.8, 4) is 0 Å². The van der Waals surface area contributed by atoms with Gasteiger partial charge in [-0.2, -0.15) is 0 Å². The highest BCUT2D eigenvalue weighted by Crippen LogP contribution is 2.05. The lowest BCUT2D eigenvalue weighted by Gasteiger charge is -1.99. The lowest BCUT2D eigenvalue weighted by molar-refractivity contribution is 0.220. The van der Waals surface area contributed by atoms with E-state index in [-0.39, 0.29) is 0 Å². The maximum atomic E-state index is 4.91. The van der Waals surface area contributed by atoms with Gasteiger partial charge in [0.05, 0.1) is 0 Å². The summed E-state index contributed by atoms with van der Waals surface area (Å²) in [6.45, 7) is 3.06. The zero-order chi connectivity index (χ0) is 8.36. The first-order valence-electron chi connectivity index (χ1n) is 4.72. The fraction of sp³-hybridized carbons (Fsp3) is 0.900. The van der Waals surface area contributed by atoms with Crippen LogP contribution in [0.15, 0.2) is 0 Å². The SMILES string of the molecule is CCCCCCC[CH]COC. The molecule has 0 aromatic heterocycles. The number of unbranched alkanes of at least 4 members (excludes halogenated alkanes) is 6. The molecule has 0 saturated carbocycles. The van der Waals surface area contributed by atoms with Crippen LogP contribution in [0, 0.1) is 6.42 Å². The van der Waals surface area contributed by atoms with Gasteiger partial charge in [0.15, 0.2) is 0 Å². The number of rotatable bonds is 8. The Labute approximate surface area is 71.1 Å². The van der Waals surface area contributed by atoms with Crippen LogP contribution in [0.5, 0.6) is 0 Å². The van der Waals surface area contributed by atoms with Crippen molar-refractivity contribution in [2.45, 2.75) is 45.4 Å². The minimum Gasteiger partial charge on any atom is -0.384 e. The van der Waals surface area contributed by atoms with E-state index in [9.17, 15) is 0 Å². The monoisotopic (exact) mass is 157 g/mol. The van der Waals surface area contributed by atoms with Crippen LogP contribution in [-0.4, -0.2) is 13.7 Å². The second-order valence-electron chi connectivity index (χ2n) is 2.95. The van der Waals surface area contributed by atoms with Gasteiger partial charge in [0, 0.05) is 13.7 Å². The van der Waals surface area contributed by atoms with Gasteiger partial charge in [-0.3, -0.25) is 0 Å². The Hall–Kier alpha value is -0.0400. The van der Waals surface area contributed by atoms with Gasteiger partial charge in [-0.25, -0.2) is 0 Å². The van der Waals surface area contributed by atoms with Crippen LogP contribution in [0.4, 0.5) is 0 Å². The van der Waals surface area contributed by atoms with E-state index in [0.29, 0.717) is 0 Å². The van der Waals surface area contributed by atoms with E-state index in [1.807, 2.05) is 0 Å². The molecule has 0 aliphatic heterocycles. The van der Waals surface area contributed by atoms with E-state index in [2.05, 4.69) is 13.3 Å². The number of methoxy groups -OCH3 is 1. The van der Waals surface area contributed by atoms with Crippen LogP contribution in [0.3, 0.4) is 0 Å². The molecule has 0 spiro atoms. The number of hydrogen-bond acceptors (Lipinski definition) is 1. The van der Waals surface area contributed by atoms with Crippen molar-refractivity contribution in [1.29, 1.82) is 0 Å². The van der Waals surface area contributed by atoms with Crippen molar-refractivity contribution < 1.29 is 4.74 Å². The molecule has 0 aromatic carbocycles. The van der Waals surface area contributed by atoms with E-state index >= 15 is 0 Å². The van der Waals surface area contributed by atoms with Crippen molar-refractivity contribution in [2.24, 2.45) is 0 Å². The van der Waals surface area contributed by atoms with E-state index < -0.39 is 0 Å². The summed E-state index contributed by atoms with van der Waals surface area (Å²) in [5.74, 6) is 0. The van der Waals surface area contributed by atoms with Crippen LogP contribution in [0.25, 0.3) is 0 Å². The average molecular weight is 157 g/mol. The van der Waals surface area contributed by atoms with Crippen molar-refractivity contribution >= 4 is 0 Å². The molecule has 67 valence electrons. The summed E-state index contributed by atoms with van der Waals surface area (Å²) in [6, 6.07) is 0. The minimum atomic E-state index is 0.813. The zero-order valence-electron chi connectivity index (χ0n) is 7.94. The third kappa shape index (κ3) is 9.96. The molecule has 0 unspecified atom stereocenters. The minimum absolute atomic E-state index is 0.813. The lowest BCUT2D eigenvalue weighted by atomic mass is 10.1. The Kier molecular flexibility index (Phi) is 9.92. The number of ether oxygens (including phenoxy) is 1. The van der Waals surface area contributed by atoms with E-state index in [4.69, 9.17) is 4.74 Å². The van der Waals surface area contributed by atoms with Gasteiger partial charge in [0.1, 0.15) is 0 Å². The molecule has 0 rings (SSSR count). The maximum Gasteiger partial charge on any atom is 0.0493 e. The molecule has 0 fully saturated rings. The van der Waals surface area contributed by atoms with Gasteiger partial charge in [-0.1, -0.05) is 39.0 Å². The predicted molar refractivity (Wildman–Crippen MR) is 49.6 cm³/mol. The smallest absolute Gasteiger partial charge is 0.0493 e. The standard InChI is InChI=1S/C10H21O/c1-3-4-5-6-7-8-9-10-11-2/h9H,3-8,10H2,1-2H3. The molecule has 0 heterocycles. The Morgan fingerprint density at radius 2 is 1.82 bits per heavy atom. The molecule has 1 heteroatoms. The van der Waals surface area contributed by atoms with E-state index in [1.54, 1.807) is 7.11 Å². The molecule has 0 N–H and O–H groups in total. The molecule has 0 atom stereocenters. The molecule has 1 nitrogen and oxygen atoms in total. The predicted octanol–water partition coefficient (Wildman–Crippen LogP) is 3.20. The summed E-state index contributed by atoms with van der Waals surface area (Å²) in [5, 5.41) is 0. The summed E-state index contributed by atoms with van der Waals surface area (Å²) >= 11 is 0. The Balaban J connectivity index is 2.69. The highest BCUT2D eigenvalue weighted by atomic mass is 16.5. The quantitative estimate of drug-likeness (QED) is 0.492. The molecule has 11 heavy (non-hydrogen) atoms. The summed E-state index contributed by atoms with van der Waals surface area (Å²) in [7, 11) is 1.74.